The fourth-order valence-electron chi connectivity index (χ4n) is 0.886. The molecule has 1 atom stereocenters. The van der Waals surface area contributed by atoms with Crippen molar-refractivity contribution in [2.75, 3.05) is 11.0 Å². The number of phenols is 1. The van der Waals surface area contributed by atoms with Crippen LogP contribution in [0.5, 0.6) is 5.75 Å². The first kappa shape index (κ1) is 9.22. The third kappa shape index (κ3) is 2.32. The van der Waals surface area contributed by atoms with E-state index in [0.717, 1.165) is 5.56 Å². The zero-order valence-electron chi connectivity index (χ0n) is 7.00. The van der Waals surface area contributed by atoms with Crippen LogP contribution in [-0.4, -0.2) is 15.9 Å². The molecule has 66 valence electrons. The second-order valence-electron chi connectivity index (χ2n) is 2.58. The standard InChI is InChI=1S/C8H11NO2S/c1-6-3-4-8(10)7(5-6)9-12(2)11/h3-5,9-10H,1-2H3. The molecule has 1 unspecified atom stereocenters. The molecule has 1 aromatic carbocycles. The first-order chi connectivity index (χ1) is 5.59. The zero-order valence-corrected chi connectivity index (χ0v) is 7.81. The molecule has 1 rings (SSSR count). The Hall–Kier alpha value is -0.870. The Kier molecular flexibility index (Phi) is 2.83. The van der Waals surface area contributed by atoms with Gasteiger partial charge in [-0.1, -0.05) is 6.07 Å². The van der Waals surface area contributed by atoms with Gasteiger partial charge in [0, 0.05) is 0 Å². The van der Waals surface area contributed by atoms with E-state index in [1.165, 1.54) is 6.26 Å². The number of aromatic hydroxyl groups is 1. The summed E-state index contributed by atoms with van der Waals surface area (Å²) in [6.07, 6.45) is 1.52. The summed E-state index contributed by atoms with van der Waals surface area (Å²) in [6, 6.07) is 5.11. The highest BCUT2D eigenvalue weighted by atomic mass is 32.2. The molecule has 2 N–H and O–H groups in total. The van der Waals surface area contributed by atoms with Gasteiger partial charge >= 0.3 is 0 Å². The van der Waals surface area contributed by atoms with Crippen molar-refractivity contribution in [3.05, 3.63) is 23.8 Å². The van der Waals surface area contributed by atoms with Gasteiger partial charge < -0.3 is 9.66 Å². The van der Waals surface area contributed by atoms with Gasteiger partial charge in [0.2, 0.25) is 0 Å². The lowest BCUT2D eigenvalue weighted by Gasteiger charge is -2.08. The van der Waals surface area contributed by atoms with Crippen molar-refractivity contribution >= 4 is 17.0 Å². The number of phenolic OH excluding ortho intramolecular Hbond substituents is 1. The number of hydrogen-bond acceptors (Lipinski definition) is 3. The van der Waals surface area contributed by atoms with Gasteiger partial charge in [0.25, 0.3) is 0 Å². The molecule has 0 radical (unpaired) electrons. The summed E-state index contributed by atoms with van der Waals surface area (Å²) >= 11 is -1.15. The van der Waals surface area contributed by atoms with Gasteiger partial charge in [-0.15, -0.1) is 0 Å². The molecule has 0 heterocycles. The van der Waals surface area contributed by atoms with Crippen LogP contribution in [0.25, 0.3) is 0 Å². The Labute approximate surface area is 74.7 Å². The highest BCUT2D eigenvalue weighted by Gasteiger charge is 2.04. The van der Waals surface area contributed by atoms with Crippen molar-refractivity contribution in [3.8, 4) is 5.75 Å². The quantitative estimate of drug-likeness (QED) is 0.541. The fourth-order valence-corrected chi connectivity index (χ4v) is 1.36. The second-order valence-corrected chi connectivity index (χ2v) is 3.69. The SMILES string of the molecule is Cc1ccc(O)c(N[S+](C)[O-])c1. The smallest absolute Gasteiger partial charge is 0.143 e. The van der Waals surface area contributed by atoms with Crippen molar-refractivity contribution in [1.29, 1.82) is 0 Å². The Balaban J connectivity index is 2.90. The average Bonchev–Trinajstić information content (AvgIpc) is 1.96. The highest BCUT2D eigenvalue weighted by Crippen LogP contribution is 2.24. The van der Waals surface area contributed by atoms with Crippen molar-refractivity contribution in [1.82, 2.24) is 0 Å². The topological polar surface area (TPSA) is 55.3 Å². The number of nitrogens with one attached hydrogen (secondary N) is 1. The van der Waals surface area contributed by atoms with E-state index in [4.69, 9.17) is 0 Å². The summed E-state index contributed by atoms with van der Waals surface area (Å²) in [4.78, 5) is 0. The summed E-state index contributed by atoms with van der Waals surface area (Å²) in [6.45, 7) is 1.91. The molecule has 12 heavy (non-hydrogen) atoms. The number of anilines is 1. The molecule has 1 aromatic rings. The van der Waals surface area contributed by atoms with E-state index in [2.05, 4.69) is 4.72 Å². The van der Waals surface area contributed by atoms with Crippen LogP contribution in [0.15, 0.2) is 18.2 Å². The molecule has 0 aromatic heterocycles. The minimum atomic E-state index is -1.15. The molecule has 0 aliphatic carbocycles. The Bertz CT molecular complexity index is 276. The predicted molar refractivity (Wildman–Crippen MR) is 50.5 cm³/mol. The summed E-state index contributed by atoms with van der Waals surface area (Å²) in [7, 11) is 0. The van der Waals surface area contributed by atoms with E-state index in [-0.39, 0.29) is 5.75 Å². The van der Waals surface area contributed by atoms with Gasteiger partial charge in [0.05, 0.1) is 11.4 Å². The molecule has 0 spiro atoms. The van der Waals surface area contributed by atoms with E-state index in [9.17, 15) is 9.66 Å². The summed E-state index contributed by atoms with van der Waals surface area (Å²) in [5, 5.41) is 9.29. The molecule has 3 nitrogen and oxygen atoms in total. The maximum atomic E-state index is 10.8. The highest BCUT2D eigenvalue weighted by molar-refractivity contribution is 7.92. The third-order valence-corrected chi connectivity index (χ3v) is 1.91. The molecule has 0 bridgehead atoms. The van der Waals surface area contributed by atoms with Gasteiger partial charge in [-0.2, -0.15) is 0 Å². The first-order valence-electron chi connectivity index (χ1n) is 3.49. The first-order valence-corrected chi connectivity index (χ1v) is 5.05. The van der Waals surface area contributed by atoms with Crippen LogP contribution < -0.4 is 4.72 Å². The van der Waals surface area contributed by atoms with Gasteiger partial charge in [0.1, 0.15) is 17.7 Å². The molecule has 0 saturated carbocycles. The molecule has 0 aliphatic heterocycles. The van der Waals surface area contributed by atoms with Crippen LogP contribution in [0.3, 0.4) is 0 Å². The largest absolute Gasteiger partial charge is 0.593 e. The molecule has 0 saturated heterocycles. The van der Waals surface area contributed by atoms with Gasteiger partial charge in [-0.25, -0.2) is 4.72 Å². The summed E-state index contributed by atoms with van der Waals surface area (Å²) in [5.41, 5.74) is 1.52. The Morgan fingerprint density at radius 2 is 2.17 bits per heavy atom. The van der Waals surface area contributed by atoms with Crippen LogP contribution in [0.1, 0.15) is 5.56 Å². The van der Waals surface area contributed by atoms with E-state index in [0.29, 0.717) is 5.69 Å². The normalized spacial score (nSPS) is 12.6. The van der Waals surface area contributed by atoms with Crippen molar-refractivity contribution in [2.24, 2.45) is 0 Å². The minimum absolute atomic E-state index is 0.121. The lowest BCUT2D eigenvalue weighted by molar-refractivity contribution is 0.477. The third-order valence-electron chi connectivity index (χ3n) is 1.41. The Morgan fingerprint density at radius 3 is 2.75 bits per heavy atom. The predicted octanol–water partition coefficient (Wildman–Crippen LogP) is 1.41. The number of hydrogen-bond donors (Lipinski definition) is 2. The van der Waals surface area contributed by atoms with Crippen LogP contribution in [-0.2, 0) is 11.4 Å². The number of aryl methyl sites for hydroxylation is 1. The fraction of sp³-hybridized carbons (Fsp3) is 0.250. The number of benzene rings is 1. The van der Waals surface area contributed by atoms with Crippen LogP contribution in [0, 0.1) is 6.92 Å². The van der Waals surface area contributed by atoms with Gasteiger partial charge in [-0.3, -0.25) is 0 Å². The maximum absolute atomic E-state index is 10.8. The van der Waals surface area contributed by atoms with Crippen molar-refractivity contribution in [3.63, 3.8) is 0 Å². The molecule has 0 fully saturated rings. The monoisotopic (exact) mass is 185 g/mol. The maximum Gasteiger partial charge on any atom is 0.143 e. The number of rotatable bonds is 2. The van der Waals surface area contributed by atoms with E-state index in [1.54, 1.807) is 18.2 Å². The van der Waals surface area contributed by atoms with Crippen LogP contribution in [0.4, 0.5) is 5.69 Å². The molecule has 0 aliphatic rings. The lowest BCUT2D eigenvalue weighted by Crippen LogP contribution is -2.09. The van der Waals surface area contributed by atoms with E-state index >= 15 is 0 Å². The zero-order chi connectivity index (χ0) is 9.14. The van der Waals surface area contributed by atoms with Crippen LogP contribution >= 0.6 is 0 Å². The lowest BCUT2D eigenvalue weighted by atomic mass is 10.2. The summed E-state index contributed by atoms with van der Waals surface area (Å²) in [5.74, 6) is 0.121. The van der Waals surface area contributed by atoms with Crippen molar-refractivity contribution < 1.29 is 9.66 Å². The van der Waals surface area contributed by atoms with Gasteiger partial charge in [0.15, 0.2) is 0 Å². The molecule has 0 amide bonds. The Morgan fingerprint density at radius 1 is 1.50 bits per heavy atom. The van der Waals surface area contributed by atoms with Gasteiger partial charge in [-0.05, 0) is 24.6 Å². The molecular formula is C8H11NO2S. The molecular weight excluding hydrogens is 174 g/mol. The van der Waals surface area contributed by atoms with E-state index in [1.807, 2.05) is 6.92 Å². The van der Waals surface area contributed by atoms with Crippen molar-refractivity contribution in [2.45, 2.75) is 6.92 Å². The molecule has 4 heteroatoms. The minimum Gasteiger partial charge on any atom is -0.593 e. The second kappa shape index (κ2) is 3.69. The summed E-state index contributed by atoms with van der Waals surface area (Å²) < 4.78 is 13.4. The van der Waals surface area contributed by atoms with E-state index < -0.39 is 11.4 Å². The van der Waals surface area contributed by atoms with Crippen LogP contribution in [0.2, 0.25) is 0 Å². The average molecular weight is 185 g/mol.